The molecule has 0 spiro atoms. The molecule has 1 fully saturated rings. The number of rotatable bonds is 3. The van der Waals surface area contributed by atoms with Gasteiger partial charge in [0.1, 0.15) is 0 Å². The van der Waals surface area contributed by atoms with Gasteiger partial charge in [0.2, 0.25) is 0 Å². The predicted molar refractivity (Wildman–Crippen MR) is 65.5 cm³/mol. The van der Waals surface area contributed by atoms with Crippen LogP contribution in [-0.2, 0) is 4.79 Å². The number of hydrogen-bond acceptors (Lipinski definition) is 2. The molecule has 0 aromatic rings. The van der Waals surface area contributed by atoms with Crippen molar-refractivity contribution in [1.82, 2.24) is 5.32 Å². The molecule has 1 saturated carbocycles. The van der Waals surface area contributed by atoms with Crippen LogP contribution in [0.3, 0.4) is 0 Å². The maximum Gasteiger partial charge on any atom is 0.305 e. The zero-order chi connectivity index (χ0) is 12.6. The van der Waals surface area contributed by atoms with Gasteiger partial charge in [0.25, 0.3) is 0 Å². The third-order valence-corrected chi connectivity index (χ3v) is 3.61. The van der Waals surface area contributed by atoms with E-state index in [0.717, 1.165) is 19.3 Å². The Hall–Kier alpha value is -0.570. The van der Waals surface area contributed by atoms with Crippen molar-refractivity contribution < 1.29 is 9.90 Å². The molecule has 2 N–H and O–H groups in total. The van der Waals surface area contributed by atoms with Crippen molar-refractivity contribution in [3.63, 3.8) is 0 Å². The van der Waals surface area contributed by atoms with Crippen LogP contribution in [0, 0.1) is 10.8 Å². The van der Waals surface area contributed by atoms with E-state index < -0.39 is 5.97 Å². The van der Waals surface area contributed by atoms with Gasteiger partial charge in [-0.2, -0.15) is 0 Å². The monoisotopic (exact) mass is 227 g/mol. The molecule has 0 aromatic carbocycles. The van der Waals surface area contributed by atoms with E-state index in [1.165, 1.54) is 0 Å². The SMILES string of the molecule is CNC1(CC(=O)O)CC(C)(C)CC(C)(C)C1. The van der Waals surface area contributed by atoms with E-state index >= 15 is 0 Å². The van der Waals surface area contributed by atoms with Crippen LogP contribution in [0.25, 0.3) is 0 Å². The molecule has 0 aliphatic heterocycles. The summed E-state index contributed by atoms with van der Waals surface area (Å²) in [6.45, 7) is 8.95. The Morgan fingerprint density at radius 1 is 1.12 bits per heavy atom. The average Bonchev–Trinajstić information content (AvgIpc) is 1.96. The molecule has 1 aliphatic carbocycles. The molecule has 3 nitrogen and oxygen atoms in total. The van der Waals surface area contributed by atoms with Crippen LogP contribution in [0.15, 0.2) is 0 Å². The molecule has 94 valence electrons. The van der Waals surface area contributed by atoms with Crippen molar-refractivity contribution in [2.45, 2.75) is 58.9 Å². The van der Waals surface area contributed by atoms with Crippen LogP contribution in [0.4, 0.5) is 0 Å². The minimum absolute atomic E-state index is 0.209. The van der Waals surface area contributed by atoms with Gasteiger partial charge in [0, 0.05) is 5.54 Å². The molecule has 0 bridgehead atoms. The second-order valence-electron chi connectivity index (χ2n) is 6.96. The summed E-state index contributed by atoms with van der Waals surface area (Å²) in [5.74, 6) is -0.706. The standard InChI is InChI=1S/C13H25NO2/c1-11(2)7-12(3,4)9-13(8-11,14-5)6-10(15)16/h14H,6-9H2,1-5H3,(H,15,16). The van der Waals surface area contributed by atoms with Crippen LogP contribution in [-0.4, -0.2) is 23.7 Å². The normalized spacial score (nSPS) is 26.3. The van der Waals surface area contributed by atoms with Crippen LogP contribution in [0.1, 0.15) is 53.4 Å². The number of carboxylic acid groups (broad SMARTS) is 1. The largest absolute Gasteiger partial charge is 0.481 e. The summed E-state index contributed by atoms with van der Waals surface area (Å²) in [7, 11) is 1.89. The molecule has 0 aromatic heterocycles. The Labute approximate surface area is 98.6 Å². The van der Waals surface area contributed by atoms with E-state index in [0.29, 0.717) is 0 Å². The Balaban J connectivity index is 2.96. The first-order chi connectivity index (χ1) is 7.10. The predicted octanol–water partition coefficient (Wildman–Crippen LogP) is 2.66. The lowest BCUT2D eigenvalue weighted by molar-refractivity contribution is -0.140. The number of aliphatic carboxylic acids is 1. The van der Waals surface area contributed by atoms with E-state index in [1.807, 2.05) is 7.05 Å². The minimum Gasteiger partial charge on any atom is -0.481 e. The summed E-state index contributed by atoms with van der Waals surface area (Å²) >= 11 is 0. The first-order valence-corrected chi connectivity index (χ1v) is 6.01. The second kappa shape index (κ2) is 4.02. The van der Waals surface area contributed by atoms with Crippen LogP contribution >= 0.6 is 0 Å². The highest BCUT2D eigenvalue weighted by Crippen LogP contribution is 2.50. The molecule has 0 heterocycles. The summed E-state index contributed by atoms with van der Waals surface area (Å²) in [4.78, 5) is 11.0. The number of nitrogens with one attached hydrogen (secondary N) is 1. The van der Waals surface area contributed by atoms with Gasteiger partial charge in [-0.05, 0) is 37.1 Å². The Morgan fingerprint density at radius 2 is 1.56 bits per heavy atom. The van der Waals surface area contributed by atoms with Crippen LogP contribution in [0.2, 0.25) is 0 Å². The molecular weight excluding hydrogens is 202 g/mol. The zero-order valence-corrected chi connectivity index (χ0v) is 11.2. The summed E-state index contributed by atoms with van der Waals surface area (Å²) in [6, 6.07) is 0. The second-order valence-corrected chi connectivity index (χ2v) is 6.96. The lowest BCUT2D eigenvalue weighted by atomic mass is 9.57. The quantitative estimate of drug-likeness (QED) is 0.779. The molecular formula is C13H25NO2. The zero-order valence-electron chi connectivity index (χ0n) is 11.2. The van der Waals surface area contributed by atoms with Gasteiger partial charge >= 0.3 is 5.97 Å². The Kier molecular flexibility index (Phi) is 3.39. The fourth-order valence-electron chi connectivity index (χ4n) is 3.99. The molecule has 1 aliphatic rings. The first kappa shape index (κ1) is 13.5. The van der Waals surface area contributed by atoms with Crippen molar-refractivity contribution in [1.29, 1.82) is 0 Å². The molecule has 0 unspecified atom stereocenters. The molecule has 0 atom stereocenters. The third kappa shape index (κ3) is 3.21. The van der Waals surface area contributed by atoms with Gasteiger partial charge in [-0.15, -0.1) is 0 Å². The molecule has 0 radical (unpaired) electrons. The summed E-state index contributed by atoms with van der Waals surface area (Å²) in [5, 5.41) is 12.3. The molecule has 3 heteroatoms. The van der Waals surface area contributed by atoms with Gasteiger partial charge in [0.05, 0.1) is 6.42 Å². The molecule has 16 heavy (non-hydrogen) atoms. The van der Waals surface area contributed by atoms with Gasteiger partial charge in [0.15, 0.2) is 0 Å². The van der Waals surface area contributed by atoms with Crippen LogP contribution in [0.5, 0.6) is 0 Å². The highest BCUT2D eigenvalue weighted by molar-refractivity contribution is 5.68. The lowest BCUT2D eigenvalue weighted by Crippen LogP contribution is -2.54. The lowest BCUT2D eigenvalue weighted by Gasteiger charge is -2.51. The number of carboxylic acids is 1. The minimum atomic E-state index is -0.706. The number of carbonyl (C=O) groups is 1. The van der Waals surface area contributed by atoms with Crippen LogP contribution < -0.4 is 5.32 Å². The first-order valence-electron chi connectivity index (χ1n) is 6.01. The average molecular weight is 227 g/mol. The fourth-order valence-corrected chi connectivity index (χ4v) is 3.99. The van der Waals surface area contributed by atoms with Crippen molar-refractivity contribution in [3.8, 4) is 0 Å². The van der Waals surface area contributed by atoms with Gasteiger partial charge < -0.3 is 10.4 Å². The molecule has 0 amide bonds. The summed E-state index contributed by atoms with van der Waals surface area (Å²) in [5.41, 5.74) is 0.178. The summed E-state index contributed by atoms with van der Waals surface area (Å²) < 4.78 is 0. The summed E-state index contributed by atoms with van der Waals surface area (Å²) in [6.07, 6.45) is 3.25. The van der Waals surface area contributed by atoms with Crippen molar-refractivity contribution in [2.24, 2.45) is 10.8 Å². The van der Waals surface area contributed by atoms with E-state index in [1.54, 1.807) is 0 Å². The smallest absolute Gasteiger partial charge is 0.305 e. The topological polar surface area (TPSA) is 49.3 Å². The van der Waals surface area contributed by atoms with Crippen molar-refractivity contribution in [3.05, 3.63) is 0 Å². The maximum absolute atomic E-state index is 11.0. The van der Waals surface area contributed by atoms with Gasteiger partial charge in [-0.3, -0.25) is 4.79 Å². The van der Waals surface area contributed by atoms with E-state index in [9.17, 15) is 4.79 Å². The van der Waals surface area contributed by atoms with E-state index in [2.05, 4.69) is 33.0 Å². The van der Waals surface area contributed by atoms with Gasteiger partial charge in [-0.25, -0.2) is 0 Å². The Morgan fingerprint density at radius 3 is 1.88 bits per heavy atom. The maximum atomic E-state index is 11.0. The number of hydrogen-bond donors (Lipinski definition) is 2. The van der Waals surface area contributed by atoms with Crippen molar-refractivity contribution >= 4 is 5.97 Å². The highest BCUT2D eigenvalue weighted by atomic mass is 16.4. The third-order valence-electron chi connectivity index (χ3n) is 3.61. The highest BCUT2D eigenvalue weighted by Gasteiger charge is 2.47. The van der Waals surface area contributed by atoms with E-state index in [4.69, 9.17) is 5.11 Å². The van der Waals surface area contributed by atoms with E-state index in [-0.39, 0.29) is 22.8 Å². The Bertz CT molecular complexity index is 266. The van der Waals surface area contributed by atoms with Crippen molar-refractivity contribution in [2.75, 3.05) is 7.05 Å². The van der Waals surface area contributed by atoms with Gasteiger partial charge in [-0.1, -0.05) is 27.7 Å². The molecule has 1 rings (SSSR count). The molecule has 0 saturated heterocycles. The fraction of sp³-hybridized carbons (Fsp3) is 0.923.